The topological polar surface area (TPSA) is 92.7 Å². The Kier molecular flexibility index (Phi) is 9.24. The molecule has 2 aromatic carbocycles. The van der Waals surface area contributed by atoms with Gasteiger partial charge < -0.3 is 9.88 Å². The minimum Gasteiger partial charge on any atom is -0.321 e. The smallest absolute Gasteiger partial charge is 0.321 e. The highest BCUT2D eigenvalue weighted by Gasteiger charge is 2.19. The predicted molar refractivity (Wildman–Crippen MR) is 155 cm³/mol. The van der Waals surface area contributed by atoms with E-state index in [0.717, 1.165) is 42.5 Å². The third-order valence-corrected chi connectivity index (χ3v) is 7.33. The predicted octanol–water partition coefficient (Wildman–Crippen LogP) is 5.45. The molecule has 2 N–H and O–H groups in total. The number of hydrogen-bond acceptors (Lipinski definition) is 5. The standard InChI is InChI=1S/C31H39N5O2/c1-5-21(2)10-8-6-7-9-11-24-12-14-25(15-13-24)20-32-16-17-36-27-19-23(4)22(3)18-26(27)33-28-29(36)34-31(38)35-30(28)37/h12-15,18-19,32H,2,5-11,16-17,20H2,1,3-4H3,(H,35,37,38). The highest BCUT2D eigenvalue weighted by Crippen LogP contribution is 2.23. The second-order valence-electron chi connectivity index (χ2n) is 10.2. The first kappa shape index (κ1) is 27.5. The number of hydrogen-bond donors (Lipinski definition) is 2. The van der Waals surface area contributed by atoms with Crippen LogP contribution < -0.4 is 16.6 Å². The van der Waals surface area contributed by atoms with Gasteiger partial charge in [-0.05, 0) is 80.3 Å². The van der Waals surface area contributed by atoms with Gasteiger partial charge in [0.05, 0.1) is 11.0 Å². The van der Waals surface area contributed by atoms with Gasteiger partial charge in [0.1, 0.15) is 0 Å². The molecule has 0 aliphatic carbocycles. The minimum absolute atomic E-state index is 0.183. The molecule has 38 heavy (non-hydrogen) atoms. The van der Waals surface area contributed by atoms with Crippen LogP contribution in [0.3, 0.4) is 0 Å². The number of aromatic nitrogens is 4. The maximum Gasteiger partial charge on any atom is 0.349 e. The van der Waals surface area contributed by atoms with Crippen molar-refractivity contribution in [2.75, 3.05) is 6.54 Å². The van der Waals surface area contributed by atoms with Gasteiger partial charge in [-0.25, -0.2) is 9.78 Å². The molecule has 0 spiro atoms. The molecule has 7 heteroatoms. The summed E-state index contributed by atoms with van der Waals surface area (Å²) in [6, 6.07) is 12.9. The first-order valence-corrected chi connectivity index (χ1v) is 13.7. The summed E-state index contributed by atoms with van der Waals surface area (Å²) in [6.45, 7) is 12.3. The van der Waals surface area contributed by atoms with Crippen molar-refractivity contribution in [2.24, 2.45) is 0 Å². The van der Waals surface area contributed by atoms with Gasteiger partial charge in [0, 0.05) is 19.6 Å². The van der Waals surface area contributed by atoms with E-state index in [1.165, 1.54) is 42.4 Å². The summed E-state index contributed by atoms with van der Waals surface area (Å²) in [6.07, 6.45) is 8.40. The van der Waals surface area contributed by atoms with Crippen molar-refractivity contribution in [2.45, 2.75) is 78.8 Å². The lowest BCUT2D eigenvalue weighted by molar-refractivity contribution is 0.602. The molecule has 0 saturated heterocycles. The van der Waals surface area contributed by atoms with Crippen LogP contribution in [0.2, 0.25) is 0 Å². The van der Waals surface area contributed by atoms with E-state index in [1.807, 2.05) is 30.5 Å². The van der Waals surface area contributed by atoms with Crippen molar-refractivity contribution in [1.29, 1.82) is 0 Å². The van der Waals surface area contributed by atoms with Crippen LogP contribution in [-0.4, -0.2) is 26.1 Å². The number of aromatic amines is 1. The molecule has 0 fully saturated rings. The number of nitrogens with zero attached hydrogens (tertiary/aromatic N) is 3. The molecule has 7 nitrogen and oxygen atoms in total. The number of aryl methyl sites for hydroxylation is 3. The van der Waals surface area contributed by atoms with Crippen molar-refractivity contribution < 1.29 is 0 Å². The molecular formula is C31H39N5O2. The summed E-state index contributed by atoms with van der Waals surface area (Å²) in [4.78, 5) is 35.3. The molecule has 2 heterocycles. The summed E-state index contributed by atoms with van der Waals surface area (Å²) in [5.41, 5.74) is 6.78. The van der Waals surface area contributed by atoms with Gasteiger partial charge in [0.2, 0.25) is 0 Å². The zero-order valence-corrected chi connectivity index (χ0v) is 22.9. The molecule has 0 amide bonds. The fourth-order valence-electron chi connectivity index (χ4n) is 4.76. The zero-order valence-electron chi connectivity index (χ0n) is 22.9. The molecular weight excluding hydrogens is 474 g/mol. The second-order valence-corrected chi connectivity index (χ2v) is 10.2. The average Bonchev–Trinajstić information content (AvgIpc) is 2.90. The van der Waals surface area contributed by atoms with E-state index in [0.29, 0.717) is 24.4 Å². The molecule has 4 rings (SSSR count). The van der Waals surface area contributed by atoms with Crippen LogP contribution in [-0.2, 0) is 19.5 Å². The number of allylic oxidation sites excluding steroid dienone is 1. The largest absolute Gasteiger partial charge is 0.349 e. The molecule has 0 atom stereocenters. The van der Waals surface area contributed by atoms with E-state index < -0.39 is 11.2 Å². The van der Waals surface area contributed by atoms with E-state index in [-0.39, 0.29) is 5.69 Å². The van der Waals surface area contributed by atoms with Crippen molar-refractivity contribution >= 4 is 11.0 Å². The molecule has 0 unspecified atom stereocenters. The van der Waals surface area contributed by atoms with Gasteiger partial charge in [0.15, 0.2) is 11.5 Å². The normalized spacial score (nSPS) is 11.4. The van der Waals surface area contributed by atoms with Gasteiger partial charge in [-0.1, -0.05) is 56.2 Å². The first-order chi connectivity index (χ1) is 18.4. The number of fused-ring (bicyclic) bond motifs is 2. The summed E-state index contributed by atoms with van der Waals surface area (Å²) in [5.74, 6) is 0.316. The Labute approximate surface area is 224 Å². The highest BCUT2D eigenvalue weighted by atomic mass is 16.2. The van der Waals surface area contributed by atoms with Crippen LogP contribution in [0, 0.1) is 13.8 Å². The number of unbranched alkanes of at least 4 members (excludes halogenated alkanes) is 3. The molecule has 0 radical (unpaired) electrons. The van der Waals surface area contributed by atoms with Gasteiger partial charge in [-0.15, -0.1) is 0 Å². The number of H-pyrrole nitrogens is 1. The third-order valence-electron chi connectivity index (χ3n) is 7.33. The van der Waals surface area contributed by atoms with Crippen LogP contribution in [0.1, 0.15) is 67.7 Å². The molecule has 2 aliphatic heterocycles. The summed E-state index contributed by atoms with van der Waals surface area (Å²) < 4.78 is 1.93. The van der Waals surface area contributed by atoms with Crippen molar-refractivity contribution in [1.82, 2.24) is 24.8 Å². The fraction of sp³-hybridized carbons (Fsp3) is 0.419. The molecule has 0 aromatic heterocycles. The lowest BCUT2D eigenvalue weighted by atomic mass is 10.0. The van der Waals surface area contributed by atoms with Gasteiger partial charge in [-0.2, -0.15) is 4.98 Å². The van der Waals surface area contributed by atoms with Crippen molar-refractivity contribution in [3.63, 3.8) is 0 Å². The van der Waals surface area contributed by atoms with E-state index >= 15 is 0 Å². The Morgan fingerprint density at radius 3 is 2.45 bits per heavy atom. The van der Waals surface area contributed by atoms with Crippen LogP contribution >= 0.6 is 0 Å². The number of rotatable bonds is 13. The van der Waals surface area contributed by atoms with Crippen LogP contribution in [0.15, 0.2) is 58.1 Å². The summed E-state index contributed by atoms with van der Waals surface area (Å²) in [7, 11) is 0. The zero-order chi connectivity index (χ0) is 27.1. The van der Waals surface area contributed by atoms with E-state index in [9.17, 15) is 9.59 Å². The molecule has 200 valence electrons. The lowest BCUT2D eigenvalue weighted by Gasteiger charge is -2.18. The monoisotopic (exact) mass is 513 g/mol. The Balaban J connectivity index is 1.34. The third kappa shape index (κ3) is 6.84. The van der Waals surface area contributed by atoms with Crippen LogP contribution in [0.5, 0.6) is 0 Å². The van der Waals surface area contributed by atoms with Crippen molar-refractivity contribution in [3.8, 4) is 11.5 Å². The molecule has 0 saturated carbocycles. The Morgan fingerprint density at radius 1 is 0.974 bits per heavy atom. The Hall–Kier alpha value is -3.58. The lowest BCUT2D eigenvalue weighted by Crippen LogP contribution is -2.30. The molecule has 0 bridgehead atoms. The summed E-state index contributed by atoms with van der Waals surface area (Å²) in [5, 5.41) is 3.49. The number of benzene rings is 2. The maximum atomic E-state index is 12.4. The first-order valence-electron chi connectivity index (χ1n) is 13.7. The van der Waals surface area contributed by atoms with Crippen LogP contribution in [0.4, 0.5) is 0 Å². The SMILES string of the molecule is C=C(CC)CCCCCCc1ccc(CNCCn2c3nc(=O)[nH]c(=O)c-3nc3cc(C)c(C)cc32)cc1. The second kappa shape index (κ2) is 12.8. The Bertz CT molecular complexity index is 1480. The van der Waals surface area contributed by atoms with E-state index in [1.54, 1.807) is 0 Å². The van der Waals surface area contributed by atoms with E-state index in [4.69, 9.17) is 0 Å². The fourth-order valence-corrected chi connectivity index (χ4v) is 4.76. The average molecular weight is 514 g/mol. The number of nitrogens with one attached hydrogen (secondary N) is 2. The van der Waals surface area contributed by atoms with Gasteiger partial charge in [0.25, 0.3) is 5.56 Å². The molecule has 2 aromatic rings. The Morgan fingerprint density at radius 2 is 1.68 bits per heavy atom. The van der Waals surface area contributed by atoms with Crippen LogP contribution in [0.25, 0.3) is 22.6 Å². The van der Waals surface area contributed by atoms with Gasteiger partial charge in [-0.3, -0.25) is 9.78 Å². The van der Waals surface area contributed by atoms with Gasteiger partial charge >= 0.3 is 5.69 Å². The quantitative estimate of drug-likeness (QED) is 0.141. The highest BCUT2D eigenvalue weighted by molar-refractivity contribution is 5.81. The van der Waals surface area contributed by atoms with Crippen molar-refractivity contribution in [3.05, 3.63) is 91.6 Å². The minimum atomic E-state index is -0.656. The maximum absolute atomic E-state index is 12.4. The summed E-state index contributed by atoms with van der Waals surface area (Å²) >= 11 is 0. The molecule has 2 aliphatic rings. The van der Waals surface area contributed by atoms with E-state index in [2.05, 4.69) is 58.0 Å².